The molecular formula is C38H32Cl2F2MgN6O10S2. The number of carbonyl (C=O) groups excluding carboxylic acids is 6. The zero-order valence-corrected chi connectivity index (χ0v) is 37.4. The molecule has 4 fully saturated rings. The van der Waals surface area contributed by atoms with Crippen LogP contribution in [0, 0.1) is 25.5 Å². The number of β-lactam (4-membered cyclic amide) rings is 2. The molecule has 2 N–H and O–H groups in total. The first kappa shape index (κ1) is 46.1. The van der Waals surface area contributed by atoms with Crippen molar-refractivity contribution in [2.45, 2.75) is 86.0 Å². The van der Waals surface area contributed by atoms with Gasteiger partial charge >= 0.3 is 23.1 Å². The molecule has 6 atom stereocenters. The molecule has 2 aromatic heterocycles. The van der Waals surface area contributed by atoms with Gasteiger partial charge < -0.3 is 49.3 Å². The standard InChI is InChI=1S/2C19H17ClFN3O5S.Mg/c2*1-7-10(12(23-29-7)11-8(20)5-4-6-9(11)21)15(25)22-13-16(26)24-14(18(27)28)19(2,3)30-17(13)24;/h2*4-6,13-14,17H,1-3H3,(H,22,25)(H,27,28);/q;;+2/p-2/t2*13-,14+,17-;/m11./s1. The first-order chi connectivity index (χ1) is 28.1. The average molecular weight is 930 g/mol. The van der Waals surface area contributed by atoms with Crippen molar-refractivity contribution in [3.8, 4) is 22.5 Å². The van der Waals surface area contributed by atoms with Crippen molar-refractivity contribution in [1.29, 1.82) is 0 Å². The minimum absolute atomic E-state index is 0. The predicted molar refractivity (Wildman–Crippen MR) is 214 cm³/mol. The molecule has 0 spiro atoms. The van der Waals surface area contributed by atoms with Gasteiger partial charge in [-0.05, 0) is 65.8 Å². The third-order valence-electron chi connectivity index (χ3n) is 10.5. The van der Waals surface area contributed by atoms with E-state index in [0.29, 0.717) is 0 Å². The van der Waals surface area contributed by atoms with Crippen LogP contribution in [0.3, 0.4) is 0 Å². The Morgan fingerprint density at radius 1 is 0.705 bits per heavy atom. The van der Waals surface area contributed by atoms with Gasteiger partial charge in [-0.2, -0.15) is 0 Å². The summed E-state index contributed by atoms with van der Waals surface area (Å²) >= 11 is 14.7. The molecule has 4 saturated heterocycles. The number of hydrogen-bond donors (Lipinski definition) is 2. The molecule has 0 aliphatic carbocycles. The fourth-order valence-electron chi connectivity index (χ4n) is 7.75. The van der Waals surface area contributed by atoms with Crippen molar-refractivity contribution >= 4 is 105 Å². The van der Waals surface area contributed by atoms with Gasteiger partial charge in [0.2, 0.25) is 11.8 Å². The van der Waals surface area contributed by atoms with E-state index in [0.717, 1.165) is 0 Å². The van der Waals surface area contributed by atoms with E-state index in [2.05, 4.69) is 20.9 Å². The van der Waals surface area contributed by atoms with Crippen LogP contribution in [0.25, 0.3) is 22.5 Å². The monoisotopic (exact) mass is 928 g/mol. The molecule has 0 unspecified atom stereocenters. The first-order valence-electron chi connectivity index (χ1n) is 17.9. The molecule has 23 heteroatoms. The fraction of sp³-hybridized carbons (Fsp3) is 0.368. The van der Waals surface area contributed by atoms with E-state index in [1.165, 1.54) is 83.6 Å². The van der Waals surface area contributed by atoms with Crippen LogP contribution in [0.4, 0.5) is 8.78 Å². The summed E-state index contributed by atoms with van der Waals surface area (Å²) in [5.74, 6) is -6.26. The van der Waals surface area contributed by atoms with Crippen molar-refractivity contribution < 1.29 is 56.8 Å². The Morgan fingerprint density at radius 3 is 1.36 bits per heavy atom. The number of nitrogens with one attached hydrogen (secondary N) is 2. The van der Waals surface area contributed by atoms with Crippen LogP contribution in [0.1, 0.15) is 59.9 Å². The normalized spacial score (nSPS) is 24.0. The smallest absolute Gasteiger partial charge is 0.548 e. The number of hydrogen-bond acceptors (Lipinski definition) is 14. The summed E-state index contributed by atoms with van der Waals surface area (Å²) in [7, 11) is 0. The number of rotatable bonds is 8. The number of nitrogens with zero attached hydrogens (tertiary/aromatic N) is 4. The van der Waals surface area contributed by atoms with E-state index in [4.69, 9.17) is 32.2 Å². The molecule has 16 nitrogen and oxygen atoms in total. The number of aryl methyl sites for hydroxylation is 2. The number of carboxylic acids is 2. The van der Waals surface area contributed by atoms with Crippen LogP contribution in [0.5, 0.6) is 0 Å². The van der Waals surface area contributed by atoms with Crippen LogP contribution >= 0.6 is 46.7 Å². The summed E-state index contributed by atoms with van der Waals surface area (Å²) in [6.07, 6.45) is 0. The Bertz CT molecular complexity index is 2310. The third-order valence-corrected chi connectivity index (χ3v) is 14.3. The minimum Gasteiger partial charge on any atom is -0.548 e. The molecule has 4 aliphatic rings. The van der Waals surface area contributed by atoms with Gasteiger partial charge in [-0.1, -0.05) is 45.6 Å². The van der Waals surface area contributed by atoms with Crippen LogP contribution in [0.15, 0.2) is 45.4 Å². The van der Waals surface area contributed by atoms with E-state index in [1.54, 1.807) is 27.7 Å². The number of carbonyl (C=O) groups is 6. The number of halogens is 4. The van der Waals surface area contributed by atoms with E-state index in [1.807, 2.05) is 0 Å². The number of aliphatic carboxylic acids is 2. The van der Waals surface area contributed by atoms with E-state index >= 15 is 0 Å². The van der Waals surface area contributed by atoms with Gasteiger partial charge in [-0.25, -0.2) is 8.78 Å². The molecule has 8 rings (SSSR count). The van der Waals surface area contributed by atoms with Crippen molar-refractivity contribution in [3.63, 3.8) is 0 Å². The summed E-state index contributed by atoms with van der Waals surface area (Å²) in [5, 5.41) is 34.7. The Balaban J connectivity index is 0.000000201. The first-order valence-corrected chi connectivity index (χ1v) is 20.4. The quantitative estimate of drug-likeness (QED) is 0.191. The van der Waals surface area contributed by atoms with Gasteiger partial charge in [0.1, 0.15) is 68.5 Å². The molecule has 0 saturated carbocycles. The molecule has 4 aliphatic heterocycles. The van der Waals surface area contributed by atoms with Gasteiger partial charge in [-0.15, -0.1) is 23.5 Å². The molecule has 0 radical (unpaired) electrons. The van der Waals surface area contributed by atoms with Crippen LogP contribution in [-0.4, -0.2) is 123 Å². The maximum atomic E-state index is 14.3. The molecule has 316 valence electrons. The number of amides is 4. The molecule has 0 bridgehead atoms. The summed E-state index contributed by atoms with van der Waals surface area (Å²) < 4.78 is 37.3. The Labute approximate surface area is 379 Å². The molecule has 2 aromatic carbocycles. The second-order valence-corrected chi connectivity index (χ2v) is 19.5. The zero-order chi connectivity index (χ0) is 43.9. The van der Waals surface area contributed by atoms with Crippen molar-refractivity contribution in [2.24, 2.45) is 0 Å². The van der Waals surface area contributed by atoms with Crippen molar-refractivity contribution in [1.82, 2.24) is 30.7 Å². The number of thioether (sulfide) groups is 2. The largest absolute Gasteiger partial charge is 2.00 e. The summed E-state index contributed by atoms with van der Waals surface area (Å²) in [6, 6.07) is 4.03. The number of carboxylic acid groups (broad SMARTS) is 2. The predicted octanol–water partition coefficient (Wildman–Crippen LogP) is 2.33. The van der Waals surface area contributed by atoms with Crippen LogP contribution in [0.2, 0.25) is 10.0 Å². The third kappa shape index (κ3) is 7.74. The number of aromatic nitrogens is 2. The molecule has 4 aromatic rings. The topological polar surface area (TPSA) is 231 Å². The van der Waals surface area contributed by atoms with Gasteiger partial charge in [0.05, 0.1) is 45.2 Å². The molecule has 6 heterocycles. The van der Waals surface area contributed by atoms with E-state index < -0.39 is 91.6 Å². The number of fused-ring (bicyclic) bond motifs is 2. The summed E-state index contributed by atoms with van der Waals surface area (Å²) in [5.41, 5.74) is -0.432. The van der Waals surface area contributed by atoms with Gasteiger partial charge in [0.25, 0.3) is 11.8 Å². The Morgan fingerprint density at radius 2 is 1.05 bits per heavy atom. The summed E-state index contributed by atoms with van der Waals surface area (Å²) in [6.45, 7) is 9.76. The van der Waals surface area contributed by atoms with Crippen LogP contribution < -0.4 is 20.8 Å². The van der Waals surface area contributed by atoms with Crippen molar-refractivity contribution in [3.05, 3.63) is 80.7 Å². The SMILES string of the molecule is Cc1onc(-c2c(F)cccc2Cl)c1C(=O)N[C@@H]1C(=O)N2[C@@H]1SC(C)(C)[C@@H]2C(=O)[O-].Cc1onc(-c2c(F)cccc2Cl)c1C(=O)N[C@@H]1C(=O)N2[C@@H]1SC(C)(C)[C@@H]2C(=O)[O-].[Mg+2]. The maximum absolute atomic E-state index is 14.3. The number of benzene rings is 2. The molecule has 61 heavy (non-hydrogen) atoms. The Kier molecular flexibility index (Phi) is 12.6. The zero-order valence-electron chi connectivity index (χ0n) is 32.8. The maximum Gasteiger partial charge on any atom is 2.00 e. The summed E-state index contributed by atoms with van der Waals surface area (Å²) in [4.78, 5) is 76.5. The van der Waals surface area contributed by atoms with Crippen molar-refractivity contribution in [2.75, 3.05) is 0 Å². The minimum atomic E-state index is -1.35. The van der Waals surface area contributed by atoms with Gasteiger partial charge in [0, 0.05) is 9.49 Å². The average Bonchev–Trinajstić information content (AvgIpc) is 3.87. The van der Waals surface area contributed by atoms with E-state index in [-0.39, 0.29) is 78.3 Å². The second-order valence-electron chi connectivity index (χ2n) is 15.2. The molecular weight excluding hydrogens is 898 g/mol. The Hall–Kier alpha value is -4.41. The van der Waals surface area contributed by atoms with Crippen LogP contribution in [-0.2, 0) is 19.2 Å². The van der Waals surface area contributed by atoms with Gasteiger partial charge in [-0.3, -0.25) is 19.2 Å². The van der Waals surface area contributed by atoms with Gasteiger partial charge in [0.15, 0.2) is 0 Å². The fourth-order valence-corrected chi connectivity index (χ4v) is 11.5. The second kappa shape index (κ2) is 16.7. The van der Waals surface area contributed by atoms with E-state index in [9.17, 15) is 47.8 Å². The molecule has 4 amide bonds.